The van der Waals surface area contributed by atoms with Crippen LogP contribution in [0.4, 0.5) is 17.6 Å². The molecule has 21 heavy (non-hydrogen) atoms. The van der Waals surface area contributed by atoms with Crippen molar-refractivity contribution in [2.75, 3.05) is 0 Å². The first-order valence-corrected chi connectivity index (χ1v) is 6.76. The zero-order valence-electron chi connectivity index (χ0n) is 10.6. The molecule has 0 saturated carbocycles. The second kappa shape index (κ2) is 6.55. The van der Waals surface area contributed by atoms with E-state index in [2.05, 4.69) is 21.4 Å². The van der Waals surface area contributed by atoms with Crippen LogP contribution >= 0.6 is 15.9 Å². The number of nitrogens with two attached hydrogens (primary N) is 1. The van der Waals surface area contributed by atoms with E-state index in [0.717, 1.165) is 24.3 Å². The lowest BCUT2D eigenvalue weighted by Crippen LogP contribution is -2.31. The summed E-state index contributed by atoms with van der Waals surface area (Å²) in [5, 5.41) is 0. The van der Waals surface area contributed by atoms with Gasteiger partial charge in [0, 0.05) is 10.0 Å². The standard InChI is InChI=1S/C14H11BrF4N2/c15-8-5-11(18)14(12(19)6-8)13(21-20)4-7-1-2-9(16)10(17)3-7/h1-3,5-6,13,21H,4,20H2. The molecule has 0 amide bonds. The van der Waals surface area contributed by atoms with Gasteiger partial charge in [0.2, 0.25) is 0 Å². The number of hydrogen-bond acceptors (Lipinski definition) is 2. The van der Waals surface area contributed by atoms with Gasteiger partial charge in [-0.25, -0.2) is 17.6 Å². The molecular formula is C14H11BrF4N2. The maximum atomic E-state index is 13.9. The molecule has 3 N–H and O–H groups in total. The first-order chi connectivity index (χ1) is 9.92. The molecule has 0 bridgehead atoms. The Hall–Kier alpha value is -1.44. The minimum Gasteiger partial charge on any atom is -0.271 e. The monoisotopic (exact) mass is 362 g/mol. The van der Waals surface area contributed by atoms with E-state index in [-0.39, 0.29) is 16.5 Å². The molecule has 0 saturated heterocycles. The third-order valence-electron chi connectivity index (χ3n) is 3.02. The molecule has 0 aromatic heterocycles. The van der Waals surface area contributed by atoms with Gasteiger partial charge in [0.25, 0.3) is 0 Å². The average Bonchev–Trinajstić information content (AvgIpc) is 2.40. The SMILES string of the molecule is NNC(Cc1ccc(F)c(F)c1)c1c(F)cc(Br)cc1F. The van der Waals surface area contributed by atoms with E-state index < -0.39 is 29.3 Å². The molecule has 2 nitrogen and oxygen atoms in total. The molecule has 0 spiro atoms. The van der Waals surface area contributed by atoms with Crippen LogP contribution in [0.1, 0.15) is 17.2 Å². The smallest absolute Gasteiger partial charge is 0.159 e. The highest BCUT2D eigenvalue weighted by Gasteiger charge is 2.21. The molecule has 0 heterocycles. The lowest BCUT2D eigenvalue weighted by Gasteiger charge is -2.18. The van der Waals surface area contributed by atoms with E-state index in [0.29, 0.717) is 5.56 Å². The summed E-state index contributed by atoms with van der Waals surface area (Å²) in [6.07, 6.45) is 0.00315. The Morgan fingerprint density at radius 2 is 1.57 bits per heavy atom. The number of hydrazine groups is 1. The molecule has 2 rings (SSSR count). The fraction of sp³-hybridized carbons (Fsp3) is 0.143. The van der Waals surface area contributed by atoms with Crippen molar-refractivity contribution in [1.82, 2.24) is 5.43 Å². The second-order valence-electron chi connectivity index (χ2n) is 4.45. The van der Waals surface area contributed by atoms with Crippen LogP contribution in [0.15, 0.2) is 34.8 Å². The predicted molar refractivity (Wildman–Crippen MR) is 74.2 cm³/mol. The Morgan fingerprint density at radius 1 is 0.952 bits per heavy atom. The van der Waals surface area contributed by atoms with Gasteiger partial charge in [-0.3, -0.25) is 11.3 Å². The van der Waals surface area contributed by atoms with Crippen LogP contribution in [0, 0.1) is 23.3 Å². The fourth-order valence-electron chi connectivity index (χ4n) is 2.03. The van der Waals surface area contributed by atoms with Gasteiger partial charge in [-0.2, -0.15) is 0 Å². The van der Waals surface area contributed by atoms with Gasteiger partial charge < -0.3 is 0 Å². The number of benzene rings is 2. The van der Waals surface area contributed by atoms with Crippen molar-refractivity contribution in [2.24, 2.45) is 5.84 Å². The molecular weight excluding hydrogens is 352 g/mol. The minimum absolute atomic E-state index is 0.00315. The maximum Gasteiger partial charge on any atom is 0.159 e. The number of hydrogen-bond donors (Lipinski definition) is 2. The first-order valence-electron chi connectivity index (χ1n) is 5.97. The van der Waals surface area contributed by atoms with Crippen molar-refractivity contribution in [3.63, 3.8) is 0 Å². The normalized spacial score (nSPS) is 12.5. The zero-order valence-corrected chi connectivity index (χ0v) is 12.2. The lowest BCUT2D eigenvalue weighted by atomic mass is 9.98. The third-order valence-corrected chi connectivity index (χ3v) is 3.48. The van der Waals surface area contributed by atoms with Crippen LogP contribution in [0.5, 0.6) is 0 Å². The highest BCUT2D eigenvalue weighted by molar-refractivity contribution is 9.10. The summed E-state index contributed by atoms with van der Waals surface area (Å²) in [5.74, 6) is 1.75. The summed E-state index contributed by atoms with van der Waals surface area (Å²) in [7, 11) is 0. The molecule has 0 aliphatic rings. The summed E-state index contributed by atoms with van der Waals surface area (Å²) >= 11 is 2.98. The summed E-state index contributed by atoms with van der Waals surface area (Å²) in [6, 6.07) is 4.54. The molecule has 0 aliphatic heterocycles. The molecule has 1 unspecified atom stereocenters. The number of rotatable bonds is 4. The average molecular weight is 363 g/mol. The molecule has 1 atom stereocenters. The lowest BCUT2D eigenvalue weighted by molar-refractivity contribution is 0.469. The number of nitrogens with one attached hydrogen (secondary N) is 1. The van der Waals surface area contributed by atoms with Crippen molar-refractivity contribution in [3.05, 3.63) is 69.2 Å². The summed E-state index contributed by atoms with van der Waals surface area (Å²) in [6.45, 7) is 0. The van der Waals surface area contributed by atoms with Gasteiger partial charge in [-0.05, 0) is 36.2 Å². The highest BCUT2D eigenvalue weighted by atomic mass is 79.9. The van der Waals surface area contributed by atoms with E-state index in [1.54, 1.807) is 0 Å². The van der Waals surface area contributed by atoms with Crippen LogP contribution in [0.2, 0.25) is 0 Å². The third kappa shape index (κ3) is 3.61. The minimum atomic E-state index is -1.03. The van der Waals surface area contributed by atoms with Gasteiger partial charge in [0.15, 0.2) is 11.6 Å². The molecule has 2 aromatic rings. The van der Waals surface area contributed by atoms with Crippen molar-refractivity contribution < 1.29 is 17.6 Å². The van der Waals surface area contributed by atoms with Gasteiger partial charge in [-0.15, -0.1) is 0 Å². The van der Waals surface area contributed by atoms with Crippen molar-refractivity contribution in [2.45, 2.75) is 12.5 Å². The maximum absolute atomic E-state index is 13.9. The van der Waals surface area contributed by atoms with E-state index in [9.17, 15) is 17.6 Å². The van der Waals surface area contributed by atoms with E-state index in [1.807, 2.05) is 0 Å². The molecule has 0 aliphatic carbocycles. The van der Waals surface area contributed by atoms with Gasteiger partial charge in [-0.1, -0.05) is 22.0 Å². The largest absolute Gasteiger partial charge is 0.271 e. The Bertz CT molecular complexity index is 640. The predicted octanol–water partition coefficient (Wildman–Crippen LogP) is 3.75. The molecule has 112 valence electrons. The number of halogens is 5. The summed E-state index contributed by atoms with van der Waals surface area (Å²) < 4.78 is 54.1. The first kappa shape index (κ1) is 15.9. The summed E-state index contributed by atoms with van der Waals surface area (Å²) in [4.78, 5) is 0. The Kier molecular flexibility index (Phi) is 4.97. The van der Waals surface area contributed by atoms with E-state index in [4.69, 9.17) is 5.84 Å². The molecule has 7 heteroatoms. The van der Waals surface area contributed by atoms with E-state index in [1.165, 1.54) is 6.07 Å². The molecule has 0 fully saturated rings. The molecule has 0 radical (unpaired) electrons. The Morgan fingerprint density at radius 3 is 2.10 bits per heavy atom. The topological polar surface area (TPSA) is 38.0 Å². The summed E-state index contributed by atoms with van der Waals surface area (Å²) in [5.41, 5.74) is 2.39. The quantitative estimate of drug-likeness (QED) is 0.493. The van der Waals surface area contributed by atoms with E-state index >= 15 is 0 Å². The van der Waals surface area contributed by atoms with Crippen molar-refractivity contribution >= 4 is 15.9 Å². The van der Waals surface area contributed by atoms with Crippen LogP contribution in [0.25, 0.3) is 0 Å². The van der Waals surface area contributed by atoms with Gasteiger partial charge in [0.05, 0.1) is 6.04 Å². The Balaban J connectivity index is 2.34. The van der Waals surface area contributed by atoms with Gasteiger partial charge >= 0.3 is 0 Å². The van der Waals surface area contributed by atoms with Crippen LogP contribution in [-0.4, -0.2) is 0 Å². The van der Waals surface area contributed by atoms with Crippen molar-refractivity contribution in [3.8, 4) is 0 Å². The van der Waals surface area contributed by atoms with Gasteiger partial charge in [0.1, 0.15) is 11.6 Å². The van der Waals surface area contributed by atoms with Crippen molar-refractivity contribution in [1.29, 1.82) is 0 Å². The van der Waals surface area contributed by atoms with Crippen LogP contribution < -0.4 is 11.3 Å². The fourth-order valence-corrected chi connectivity index (χ4v) is 2.43. The highest BCUT2D eigenvalue weighted by Crippen LogP contribution is 2.27. The Labute approximate surface area is 127 Å². The zero-order chi connectivity index (χ0) is 15.6. The van der Waals surface area contributed by atoms with Crippen LogP contribution in [-0.2, 0) is 6.42 Å². The molecule has 2 aromatic carbocycles. The van der Waals surface area contributed by atoms with Crippen LogP contribution in [0.3, 0.4) is 0 Å². The second-order valence-corrected chi connectivity index (χ2v) is 5.37.